The van der Waals surface area contributed by atoms with Gasteiger partial charge in [0, 0.05) is 17.7 Å². The summed E-state index contributed by atoms with van der Waals surface area (Å²) in [6.07, 6.45) is 0. The van der Waals surface area contributed by atoms with Crippen LogP contribution in [-0.2, 0) is 6.54 Å². The molecule has 0 spiro atoms. The van der Waals surface area contributed by atoms with E-state index < -0.39 is 5.82 Å². The highest BCUT2D eigenvalue weighted by atomic mass is 19.1. The molecule has 0 atom stereocenters. The van der Waals surface area contributed by atoms with E-state index in [1.807, 2.05) is 0 Å². The topological polar surface area (TPSA) is 92.8 Å². The first-order chi connectivity index (χ1) is 12.2. The molecule has 0 fully saturated rings. The second-order valence-electron chi connectivity index (χ2n) is 5.19. The Balaban J connectivity index is 1.61. The number of ether oxygens (including phenoxy) is 1. The van der Waals surface area contributed by atoms with Gasteiger partial charge in [-0.1, -0.05) is 18.2 Å². The van der Waals surface area contributed by atoms with Crippen molar-refractivity contribution in [1.82, 2.24) is 25.9 Å². The van der Waals surface area contributed by atoms with Crippen LogP contribution < -0.4 is 10.1 Å². The van der Waals surface area contributed by atoms with Crippen LogP contribution in [0.2, 0.25) is 0 Å². The lowest BCUT2D eigenvalue weighted by atomic mass is 10.1. The SMILES string of the molecule is CCOc1ccc(CNC(=O)c2ccc(-c3nn[nH]n3)cc2)cc1F. The Labute approximate surface area is 143 Å². The van der Waals surface area contributed by atoms with Gasteiger partial charge in [0.25, 0.3) is 5.91 Å². The van der Waals surface area contributed by atoms with Crippen LogP contribution in [0.25, 0.3) is 11.4 Å². The molecule has 1 amide bonds. The summed E-state index contributed by atoms with van der Waals surface area (Å²) in [5, 5.41) is 16.4. The molecule has 1 aromatic heterocycles. The van der Waals surface area contributed by atoms with E-state index in [1.54, 1.807) is 43.3 Å². The number of H-pyrrole nitrogens is 1. The van der Waals surface area contributed by atoms with Crippen LogP contribution in [0.3, 0.4) is 0 Å². The van der Waals surface area contributed by atoms with E-state index in [-0.39, 0.29) is 18.2 Å². The monoisotopic (exact) mass is 341 g/mol. The van der Waals surface area contributed by atoms with Crippen molar-refractivity contribution < 1.29 is 13.9 Å². The Morgan fingerprint density at radius 2 is 2.04 bits per heavy atom. The number of tetrazole rings is 1. The average Bonchev–Trinajstić information content (AvgIpc) is 3.17. The molecule has 25 heavy (non-hydrogen) atoms. The van der Waals surface area contributed by atoms with Crippen molar-refractivity contribution in [3.63, 3.8) is 0 Å². The molecule has 0 radical (unpaired) electrons. The average molecular weight is 341 g/mol. The summed E-state index contributed by atoms with van der Waals surface area (Å²) in [6.45, 7) is 2.40. The minimum Gasteiger partial charge on any atom is -0.491 e. The van der Waals surface area contributed by atoms with Crippen molar-refractivity contribution >= 4 is 5.91 Å². The van der Waals surface area contributed by atoms with Gasteiger partial charge in [-0.2, -0.15) is 5.21 Å². The van der Waals surface area contributed by atoms with Gasteiger partial charge < -0.3 is 10.1 Å². The summed E-state index contributed by atoms with van der Waals surface area (Å²) in [4.78, 5) is 12.2. The van der Waals surface area contributed by atoms with Gasteiger partial charge in [0.1, 0.15) is 0 Å². The van der Waals surface area contributed by atoms with Gasteiger partial charge in [-0.15, -0.1) is 10.2 Å². The van der Waals surface area contributed by atoms with Crippen LogP contribution >= 0.6 is 0 Å². The highest BCUT2D eigenvalue weighted by Crippen LogP contribution is 2.18. The number of amides is 1. The van der Waals surface area contributed by atoms with Gasteiger partial charge in [0.2, 0.25) is 5.82 Å². The molecule has 2 N–H and O–H groups in total. The minimum atomic E-state index is -0.446. The number of aromatic amines is 1. The fourth-order valence-electron chi connectivity index (χ4n) is 2.27. The number of carbonyl (C=O) groups is 1. The zero-order valence-corrected chi connectivity index (χ0v) is 13.5. The van der Waals surface area contributed by atoms with Crippen molar-refractivity contribution in [3.8, 4) is 17.1 Å². The molecule has 128 valence electrons. The summed E-state index contributed by atoms with van der Waals surface area (Å²) in [6, 6.07) is 11.4. The Morgan fingerprint density at radius 3 is 2.68 bits per heavy atom. The highest BCUT2D eigenvalue weighted by Gasteiger charge is 2.09. The number of benzene rings is 2. The molecular formula is C17H16FN5O2. The van der Waals surface area contributed by atoms with Crippen LogP contribution in [0.5, 0.6) is 5.75 Å². The number of hydrogen-bond acceptors (Lipinski definition) is 5. The lowest BCUT2D eigenvalue weighted by molar-refractivity contribution is 0.0951. The second-order valence-corrected chi connectivity index (χ2v) is 5.19. The van der Waals surface area contributed by atoms with Gasteiger partial charge in [-0.3, -0.25) is 4.79 Å². The fraction of sp³-hybridized carbons (Fsp3) is 0.176. The van der Waals surface area contributed by atoms with Gasteiger partial charge in [-0.25, -0.2) is 4.39 Å². The molecule has 0 aliphatic rings. The van der Waals surface area contributed by atoms with Crippen molar-refractivity contribution in [2.45, 2.75) is 13.5 Å². The first-order valence-corrected chi connectivity index (χ1v) is 7.70. The number of rotatable bonds is 6. The molecular weight excluding hydrogens is 325 g/mol. The summed E-state index contributed by atoms with van der Waals surface area (Å²) >= 11 is 0. The molecule has 8 heteroatoms. The predicted octanol–water partition coefficient (Wildman–Crippen LogP) is 2.33. The van der Waals surface area contributed by atoms with Gasteiger partial charge in [0.15, 0.2) is 11.6 Å². The van der Waals surface area contributed by atoms with E-state index in [2.05, 4.69) is 25.9 Å². The lowest BCUT2D eigenvalue weighted by Gasteiger charge is -2.08. The van der Waals surface area contributed by atoms with E-state index >= 15 is 0 Å². The maximum atomic E-state index is 13.8. The Hall–Kier alpha value is -3.29. The van der Waals surface area contributed by atoms with Crippen molar-refractivity contribution in [1.29, 1.82) is 0 Å². The van der Waals surface area contributed by atoms with Crippen LogP contribution in [0.15, 0.2) is 42.5 Å². The second kappa shape index (κ2) is 7.52. The molecule has 0 unspecified atom stereocenters. The molecule has 1 heterocycles. The van der Waals surface area contributed by atoms with Gasteiger partial charge in [0.05, 0.1) is 6.61 Å². The normalized spacial score (nSPS) is 10.5. The maximum Gasteiger partial charge on any atom is 0.251 e. The van der Waals surface area contributed by atoms with Crippen LogP contribution in [-0.4, -0.2) is 33.1 Å². The minimum absolute atomic E-state index is 0.203. The number of halogens is 1. The van der Waals surface area contributed by atoms with Gasteiger partial charge in [-0.05, 0) is 42.0 Å². The molecule has 0 saturated carbocycles. The first-order valence-electron chi connectivity index (χ1n) is 7.70. The van der Waals surface area contributed by atoms with E-state index in [9.17, 15) is 9.18 Å². The van der Waals surface area contributed by atoms with Crippen LogP contribution in [0, 0.1) is 5.82 Å². The fourth-order valence-corrected chi connectivity index (χ4v) is 2.27. The van der Waals surface area contributed by atoms with E-state index in [4.69, 9.17) is 4.74 Å². The zero-order chi connectivity index (χ0) is 17.6. The summed E-state index contributed by atoms with van der Waals surface area (Å²) in [5.41, 5.74) is 1.88. The number of nitrogens with one attached hydrogen (secondary N) is 2. The Morgan fingerprint density at radius 1 is 1.24 bits per heavy atom. The van der Waals surface area contributed by atoms with Crippen LogP contribution in [0.1, 0.15) is 22.8 Å². The van der Waals surface area contributed by atoms with E-state index in [1.165, 1.54) is 6.07 Å². The molecule has 0 saturated heterocycles. The molecule has 0 aliphatic carbocycles. The summed E-state index contributed by atoms with van der Waals surface area (Å²) in [5.74, 6) is -0.0431. The molecule has 0 bridgehead atoms. The molecule has 0 aliphatic heterocycles. The molecule has 2 aromatic carbocycles. The quantitative estimate of drug-likeness (QED) is 0.718. The third-order valence-corrected chi connectivity index (χ3v) is 3.50. The summed E-state index contributed by atoms with van der Waals surface area (Å²) < 4.78 is 19.0. The Bertz CT molecular complexity index is 850. The molecule has 7 nitrogen and oxygen atoms in total. The predicted molar refractivity (Wildman–Crippen MR) is 88.4 cm³/mol. The zero-order valence-electron chi connectivity index (χ0n) is 13.5. The standard InChI is InChI=1S/C17H16FN5O2/c1-2-25-15-8-3-11(9-14(15)18)10-19-17(24)13-6-4-12(5-7-13)16-20-22-23-21-16/h3-9H,2,10H2,1H3,(H,19,24)(H,20,21,22,23). The lowest BCUT2D eigenvalue weighted by Crippen LogP contribution is -2.22. The Kier molecular flexibility index (Phi) is 4.98. The molecule has 3 rings (SSSR count). The largest absolute Gasteiger partial charge is 0.491 e. The number of hydrogen-bond donors (Lipinski definition) is 2. The number of carbonyl (C=O) groups excluding carboxylic acids is 1. The van der Waals surface area contributed by atoms with E-state index in [0.29, 0.717) is 23.6 Å². The maximum absolute atomic E-state index is 13.8. The first kappa shape index (κ1) is 16.6. The number of nitrogens with zero attached hydrogens (tertiary/aromatic N) is 3. The van der Waals surface area contributed by atoms with Crippen molar-refractivity contribution in [3.05, 3.63) is 59.4 Å². The smallest absolute Gasteiger partial charge is 0.251 e. The third-order valence-electron chi connectivity index (χ3n) is 3.50. The van der Waals surface area contributed by atoms with Gasteiger partial charge >= 0.3 is 0 Å². The third kappa shape index (κ3) is 3.97. The van der Waals surface area contributed by atoms with E-state index in [0.717, 1.165) is 5.56 Å². The number of aromatic nitrogens is 4. The highest BCUT2D eigenvalue weighted by molar-refractivity contribution is 5.94. The molecule has 3 aromatic rings. The van der Waals surface area contributed by atoms with Crippen molar-refractivity contribution in [2.24, 2.45) is 0 Å². The summed E-state index contributed by atoms with van der Waals surface area (Å²) in [7, 11) is 0. The van der Waals surface area contributed by atoms with Crippen LogP contribution in [0.4, 0.5) is 4.39 Å². The van der Waals surface area contributed by atoms with Crippen molar-refractivity contribution in [2.75, 3.05) is 6.61 Å².